The number of carbonyl (C=O) groups is 8. The number of rotatable bonds is 8. The Morgan fingerprint density at radius 2 is 1.09 bits per heavy atom. The quantitative estimate of drug-likeness (QED) is 0.209. The Bertz CT molecular complexity index is 1600. The van der Waals surface area contributed by atoms with Crippen molar-refractivity contribution in [1.82, 2.24) is 36.4 Å². The molecule has 302 valence electrons. The summed E-state index contributed by atoms with van der Waals surface area (Å²) < 4.78 is 0. The molecule has 55 heavy (non-hydrogen) atoms. The highest BCUT2D eigenvalue weighted by Crippen LogP contribution is 2.23. The fourth-order valence-electron chi connectivity index (χ4n) is 7.52. The van der Waals surface area contributed by atoms with Gasteiger partial charge in [0.2, 0.25) is 47.3 Å². The van der Waals surface area contributed by atoms with E-state index in [0.717, 1.165) is 5.56 Å². The van der Waals surface area contributed by atoms with E-state index in [1.807, 2.05) is 19.9 Å². The van der Waals surface area contributed by atoms with E-state index in [1.165, 1.54) is 9.80 Å². The number of carbonyl (C=O) groups excluding carboxylic acids is 8. The number of fused-ring (bicyclic) bond motifs is 2. The summed E-state index contributed by atoms with van der Waals surface area (Å²) in [5.74, 6) is -6.17. The van der Waals surface area contributed by atoms with Gasteiger partial charge in [0, 0.05) is 19.5 Å². The van der Waals surface area contributed by atoms with Crippen molar-refractivity contribution in [3.8, 4) is 0 Å². The molecule has 16 heteroatoms. The Morgan fingerprint density at radius 3 is 1.58 bits per heavy atom. The summed E-state index contributed by atoms with van der Waals surface area (Å²) in [5.41, 5.74) is 6.25. The molecule has 0 saturated carbocycles. The average molecular weight is 767 g/mol. The highest BCUT2D eigenvalue weighted by atomic mass is 16.2. The lowest BCUT2D eigenvalue weighted by molar-refractivity contribution is -0.144. The van der Waals surface area contributed by atoms with E-state index >= 15 is 0 Å². The number of primary amides is 1. The largest absolute Gasteiger partial charge is 0.370 e. The van der Waals surface area contributed by atoms with Gasteiger partial charge in [-0.05, 0) is 55.4 Å². The molecule has 0 spiro atoms. The van der Waals surface area contributed by atoms with Crippen LogP contribution >= 0.6 is 0 Å². The number of nitrogens with one attached hydrogen (secondary N) is 5. The molecule has 0 aromatic heterocycles. The summed E-state index contributed by atoms with van der Waals surface area (Å²) in [7, 11) is 0. The van der Waals surface area contributed by atoms with Gasteiger partial charge in [-0.2, -0.15) is 0 Å². The Hall–Kier alpha value is -5.02. The molecule has 0 radical (unpaired) electrons. The normalized spacial score (nSPS) is 27.9. The Labute approximate surface area is 322 Å². The lowest BCUT2D eigenvalue weighted by Crippen LogP contribution is -2.60. The second-order valence-electron chi connectivity index (χ2n) is 16.0. The molecule has 7 N–H and O–H groups in total. The fraction of sp³-hybridized carbons (Fsp3) is 0.641. The van der Waals surface area contributed by atoms with Gasteiger partial charge in [0.05, 0.1) is 6.42 Å². The molecular formula is C39H58N8O8. The summed E-state index contributed by atoms with van der Waals surface area (Å²) in [5, 5.41) is 13.8. The first-order valence-corrected chi connectivity index (χ1v) is 19.4. The maximum Gasteiger partial charge on any atom is 0.246 e. The van der Waals surface area contributed by atoms with Crippen LogP contribution in [0.15, 0.2) is 30.3 Å². The molecule has 3 aliphatic heterocycles. The summed E-state index contributed by atoms with van der Waals surface area (Å²) in [6, 6.07) is 1.13. The van der Waals surface area contributed by atoms with E-state index in [0.29, 0.717) is 19.3 Å². The van der Waals surface area contributed by atoms with E-state index in [1.54, 1.807) is 52.0 Å². The summed E-state index contributed by atoms with van der Waals surface area (Å²) in [4.78, 5) is 113. The van der Waals surface area contributed by atoms with Crippen LogP contribution in [0.25, 0.3) is 0 Å². The van der Waals surface area contributed by atoms with Gasteiger partial charge in [-0.15, -0.1) is 0 Å². The molecule has 3 aliphatic rings. The Kier molecular flexibility index (Phi) is 14.8. The summed E-state index contributed by atoms with van der Waals surface area (Å²) in [6.45, 7) is 11.1. The van der Waals surface area contributed by atoms with Crippen LogP contribution in [0, 0.1) is 17.8 Å². The molecule has 3 heterocycles. The third-order valence-electron chi connectivity index (χ3n) is 10.4. The lowest BCUT2D eigenvalue weighted by atomic mass is 9.98. The maximum atomic E-state index is 14.2. The molecule has 1 aromatic carbocycles. The van der Waals surface area contributed by atoms with E-state index in [9.17, 15) is 38.4 Å². The average Bonchev–Trinajstić information content (AvgIpc) is 3.81. The zero-order chi connectivity index (χ0) is 40.6. The van der Waals surface area contributed by atoms with Gasteiger partial charge >= 0.3 is 0 Å². The molecule has 1 aromatic rings. The van der Waals surface area contributed by atoms with Gasteiger partial charge in [-0.25, -0.2) is 0 Å². The van der Waals surface area contributed by atoms with Crippen molar-refractivity contribution in [3.63, 3.8) is 0 Å². The number of hydrogen-bond acceptors (Lipinski definition) is 8. The van der Waals surface area contributed by atoms with Gasteiger partial charge < -0.3 is 42.1 Å². The number of nitrogens with two attached hydrogens (primary N) is 1. The molecule has 0 unspecified atom stereocenters. The predicted octanol–water partition coefficient (Wildman–Crippen LogP) is -0.118. The van der Waals surface area contributed by atoms with Gasteiger partial charge in [-0.3, -0.25) is 38.4 Å². The molecule has 3 fully saturated rings. The van der Waals surface area contributed by atoms with Gasteiger partial charge in [0.15, 0.2) is 0 Å². The molecule has 0 aliphatic carbocycles. The Balaban J connectivity index is 1.78. The highest BCUT2D eigenvalue weighted by molar-refractivity contribution is 6.00. The zero-order valence-electron chi connectivity index (χ0n) is 32.8. The smallest absolute Gasteiger partial charge is 0.246 e. The standard InChI is InChI=1S/C39H58N8O8/c1-21(2)18-26-38(54)47-17-11-15-29(47)35(51)45-32(23(5)6)37(53)43-27(20-30(40)48)39(55)46-16-10-14-28(46)34(50)41-25(19-24-12-8-7-9-13-24)33(49)44-31(22(3)4)36(52)42-26/h7-9,12-13,21-23,25-29,31-32H,10-11,14-20H2,1-6H3,(H2,40,48)(H,41,50)(H,42,52)(H,43,53)(H,44,49)(H,45,51)/t25-,26-,27-,28-,29-,31-,32-/m0/s1. The number of benzene rings is 1. The van der Waals surface area contributed by atoms with E-state index in [2.05, 4.69) is 26.6 Å². The van der Waals surface area contributed by atoms with Crippen LogP contribution in [0.5, 0.6) is 0 Å². The number of nitrogens with zero attached hydrogens (tertiary/aromatic N) is 2. The third-order valence-corrected chi connectivity index (χ3v) is 10.4. The third kappa shape index (κ3) is 11.0. The molecule has 8 amide bonds. The van der Waals surface area contributed by atoms with Gasteiger partial charge in [0.25, 0.3) is 0 Å². The van der Waals surface area contributed by atoms with Crippen molar-refractivity contribution in [3.05, 3.63) is 35.9 Å². The van der Waals surface area contributed by atoms with E-state index < -0.39 is 108 Å². The molecular weight excluding hydrogens is 708 g/mol. The molecule has 16 nitrogen and oxygen atoms in total. The molecule has 4 rings (SSSR count). The van der Waals surface area contributed by atoms with Crippen LogP contribution in [-0.2, 0) is 44.8 Å². The topological polar surface area (TPSA) is 229 Å². The van der Waals surface area contributed by atoms with Crippen LogP contribution < -0.4 is 32.3 Å². The van der Waals surface area contributed by atoms with Crippen LogP contribution in [-0.4, -0.2) is 112 Å². The summed E-state index contributed by atoms with van der Waals surface area (Å²) >= 11 is 0. The SMILES string of the molecule is CC(C)C[C@@H]1NC(=O)[C@H](C(C)C)NC(=O)[C@H](Cc2ccccc2)NC(=O)[C@@H]2CCCN2C(=O)[C@H](CC(N)=O)NC(=O)[C@H](C(C)C)NC(=O)[C@@H]2CCCN2C1=O. The van der Waals surface area contributed by atoms with Crippen molar-refractivity contribution in [2.75, 3.05) is 13.1 Å². The summed E-state index contributed by atoms with van der Waals surface area (Å²) in [6.07, 6.45) is 1.27. The van der Waals surface area contributed by atoms with Crippen LogP contribution in [0.2, 0.25) is 0 Å². The van der Waals surface area contributed by atoms with Gasteiger partial charge in [-0.1, -0.05) is 71.9 Å². The van der Waals surface area contributed by atoms with E-state index in [-0.39, 0.29) is 38.3 Å². The lowest BCUT2D eigenvalue weighted by Gasteiger charge is -2.32. The van der Waals surface area contributed by atoms with Crippen molar-refractivity contribution in [1.29, 1.82) is 0 Å². The number of amides is 8. The minimum Gasteiger partial charge on any atom is -0.370 e. The molecule has 7 atom stereocenters. The first kappa shape index (κ1) is 42.7. The van der Waals surface area contributed by atoms with Crippen molar-refractivity contribution < 1.29 is 38.4 Å². The van der Waals surface area contributed by atoms with Crippen molar-refractivity contribution >= 4 is 47.3 Å². The van der Waals surface area contributed by atoms with E-state index in [4.69, 9.17) is 5.73 Å². The molecule has 3 saturated heterocycles. The number of hydrogen-bond donors (Lipinski definition) is 6. The van der Waals surface area contributed by atoms with Crippen LogP contribution in [0.3, 0.4) is 0 Å². The van der Waals surface area contributed by atoms with Crippen LogP contribution in [0.1, 0.15) is 85.6 Å². The predicted molar refractivity (Wildman–Crippen MR) is 202 cm³/mol. The first-order chi connectivity index (χ1) is 26.0. The zero-order valence-corrected chi connectivity index (χ0v) is 32.8. The van der Waals surface area contributed by atoms with Gasteiger partial charge in [0.1, 0.15) is 42.3 Å². The van der Waals surface area contributed by atoms with Crippen molar-refractivity contribution in [2.24, 2.45) is 23.5 Å². The molecule has 0 bridgehead atoms. The second-order valence-corrected chi connectivity index (χ2v) is 16.0. The van der Waals surface area contributed by atoms with Crippen LogP contribution in [0.4, 0.5) is 0 Å². The van der Waals surface area contributed by atoms with Crippen molar-refractivity contribution in [2.45, 2.75) is 129 Å². The highest BCUT2D eigenvalue weighted by Gasteiger charge is 2.43. The Morgan fingerprint density at radius 1 is 0.636 bits per heavy atom. The fourth-order valence-corrected chi connectivity index (χ4v) is 7.52. The minimum atomic E-state index is -1.45. The first-order valence-electron chi connectivity index (χ1n) is 19.4. The minimum absolute atomic E-state index is 0.0311. The second kappa shape index (κ2) is 19.0. The maximum absolute atomic E-state index is 14.2. The monoisotopic (exact) mass is 766 g/mol.